The smallest absolute Gasteiger partial charge is 0.304 e. The van der Waals surface area contributed by atoms with Crippen molar-refractivity contribution in [2.24, 2.45) is 0 Å². The van der Waals surface area contributed by atoms with E-state index in [0.29, 0.717) is 0 Å². The number of carboxylic acid groups (broad SMARTS) is 1. The Morgan fingerprint density at radius 2 is 2.44 bits per heavy atom. The molecule has 3 nitrogen and oxygen atoms in total. The van der Waals surface area contributed by atoms with Gasteiger partial charge in [-0.2, -0.15) is 11.8 Å². The van der Waals surface area contributed by atoms with Gasteiger partial charge in [-0.1, -0.05) is 0 Å². The molecule has 1 aliphatic rings. The van der Waals surface area contributed by atoms with E-state index in [1.807, 2.05) is 11.8 Å². The van der Waals surface area contributed by atoms with Crippen LogP contribution in [-0.2, 0) is 11.3 Å². The molecule has 2 heterocycles. The van der Waals surface area contributed by atoms with Gasteiger partial charge in [0.2, 0.25) is 0 Å². The number of nitrogens with zero attached hydrogens (tertiary/aromatic N) is 1. The lowest BCUT2D eigenvalue weighted by Crippen LogP contribution is -2.42. The van der Waals surface area contributed by atoms with Crippen LogP contribution in [-0.4, -0.2) is 40.1 Å². The summed E-state index contributed by atoms with van der Waals surface area (Å²) in [5.41, 5.74) is 0. The summed E-state index contributed by atoms with van der Waals surface area (Å²) in [5.74, 6) is 1.33. The van der Waals surface area contributed by atoms with Crippen LogP contribution in [0.4, 0.5) is 0 Å². The van der Waals surface area contributed by atoms with E-state index in [1.165, 1.54) is 9.75 Å². The van der Waals surface area contributed by atoms with Crippen LogP contribution in [0, 0.1) is 6.92 Å². The minimum absolute atomic E-state index is 0.169. The molecule has 0 amide bonds. The molecule has 1 fully saturated rings. The second kappa shape index (κ2) is 6.41. The highest BCUT2D eigenvalue weighted by atomic mass is 79.9. The Labute approximate surface area is 124 Å². The zero-order chi connectivity index (χ0) is 13.1. The summed E-state index contributed by atoms with van der Waals surface area (Å²) in [4.78, 5) is 15.8. The zero-order valence-corrected chi connectivity index (χ0v) is 13.4. The first-order valence-electron chi connectivity index (χ1n) is 5.84. The van der Waals surface area contributed by atoms with Crippen LogP contribution < -0.4 is 0 Å². The summed E-state index contributed by atoms with van der Waals surface area (Å²) >= 11 is 7.17. The van der Waals surface area contributed by atoms with Gasteiger partial charge in [-0.05, 0) is 28.9 Å². The summed E-state index contributed by atoms with van der Waals surface area (Å²) < 4.78 is 1.16. The molecule has 0 spiro atoms. The topological polar surface area (TPSA) is 40.5 Å². The van der Waals surface area contributed by atoms with Crippen molar-refractivity contribution >= 4 is 45.0 Å². The molecule has 1 aromatic heterocycles. The van der Waals surface area contributed by atoms with Gasteiger partial charge in [0.1, 0.15) is 0 Å². The Balaban J connectivity index is 2.02. The van der Waals surface area contributed by atoms with Gasteiger partial charge in [-0.3, -0.25) is 9.69 Å². The molecule has 6 heteroatoms. The first kappa shape index (κ1) is 14.4. The first-order valence-corrected chi connectivity index (χ1v) is 8.61. The molecule has 0 bridgehead atoms. The summed E-state index contributed by atoms with van der Waals surface area (Å²) in [6, 6.07) is 2.32. The lowest BCUT2D eigenvalue weighted by atomic mass is 10.2. The number of aliphatic carboxylic acids is 1. The van der Waals surface area contributed by atoms with E-state index in [-0.39, 0.29) is 12.5 Å². The standard InChI is InChI=1S/C12H16BrNO2S2/c1-8-11(13)5-10(18-8)6-14-2-3-17-7-9(14)4-12(15)16/h5,9H,2-4,6-7H2,1H3,(H,15,16). The van der Waals surface area contributed by atoms with Gasteiger partial charge >= 0.3 is 5.97 Å². The van der Waals surface area contributed by atoms with Crippen molar-refractivity contribution in [1.82, 2.24) is 4.90 Å². The normalized spacial score (nSPS) is 21.1. The molecule has 100 valence electrons. The zero-order valence-electron chi connectivity index (χ0n) is 10.2. The van der Waals surface area contributed by atoms with Crippen LogP contribution >= 0.6 is 39.0 Å². The van der Waals surface area contributed by atoms with E-state index < -0.39 is 5.97 Å². The molecular formula is C12H16BrNO2S2. The lowest BCUT2D eigenvalue weighted by Gasteiger charge is -2.34. The first-order chi connectivity index (χ1) is 8.56. The van der Waals surface area contributed by atoms with E-state index in [0.717, 1.165) is 29.1 Å². The molecule has 0 aliphatic carbocycles. The van der Waals surface area contributed by atoms with Crippen molar-refractivity contribution in [2.75, 3.05) is 18.1 Å². The van der Waals surface area contributed by atoms with E-state index in [1.54, 1.807) is 11.3 Å². The summed E-state index contributed by atoms with van der Waals surface area (Å²) in [6.07, 6.45) is 0.249. The number of thiophene rings is 1. The number of rotatable bonds is 4. The van der Waals surface area contributed by atoms with Crippen molar-refractivity contribution in [3.05, 3.63) is 20.3 Å². The van der Waals surface area contributed by atoms with Crippen LogP contribution in [0.1, 0.15) is 16.2 Å². The van der Waals surface area contributed by atoms with Crippen LogP contribution in [0.3, 0.4) is 0 Å². The number of thioether (sulfide) groups is 1. The lowest BCUT2D eigenvalue weighted by molar-refractivity contribution is -0.138. The third kappa shape index (κ3) is 3.73. The van der Waals surface area contributed by atoms with Gasteiger partial charge in [0.15, 0.2) is 0 Å². The third-order valence-electron chi connectivity index (χ3n) is 3.03. The SMILES string of the molecule is Cc1sc(CN2CCSCC2CC(=O)O)cc1Br. The van der Waals surface area contributed by atoms with Gasteiger partial charge in [0, 0.05) is 44.9 Å². The average molecular weight is 350 g/mol. The Bertz CT molecular complexity index is 416. The number of hydrogen-bond acceptors (Lipinski definition) is 4. The van der Waals surface area contributed by atoms with Crippen LogP contribution in [0.5, 0.6) is 0 Å². The molecule has 0 saturated carbocycles. The quantitative estimate of drug-likeness (QED) is 0.905. The van der Waals surface area contributed by atoms with Crippen LogP contribution in [0.25, 0.3) is 0 Å². The largest absolute Gasteiger partial charge is 0.481 e. The van der Waals surface area contributed by atoms with E-state index in [9.17, 15) is 4.79 Å². The number of carboxylic acids is 1. The van der Waals surface area contributed by atoms with Gasteiger partial charge in [-0.25, -0.2) is 0 Å². The molecular weight excluding hydrogens is 334 g/mol. The van der Waals surface area contributed by atoms with E-state index in [4.69, 9.17) is 5.11 Å². The third-order valence-corrected chi connectivity index (χ3v) is 6.24. The molecule has 1 aromatic rings. The predicted octanol–water partition coefficient (Wildman–Crippen LogP) is 3.21. The van der Waals surface area contributed by atoms with E-state index in [2.05, 4.69) is 33.8 Å². The summed E-state index contributed by atoms with van der Waals surface area (Å²) in [7, 11) is 0. The van der Waals surface area contributed by atoms with Crippen LogP contribution in [0.2, 0.25) is 0 Å². The highest BCUT2D eigenvalue weighted by Gasteiger charge is 2.25. The molecule has 1 saturated heterocycles. The van der Waals surface area contributed by atoms with E-state index >= 15 is 0 Å². The maximum atomic E-state index is 10.9. The summed E-state index contributed by atoms with van der Waals surface area (Å²) in [5, 5.41) is 8.96. The Kier molecular flexibility index (Phi) is 5.12. The molecule has 1 N–H and O–H groups in total. The second-order valence-corrected chi connectivity index (χ2v) is 7.76. The fraction of sp³-hybridized carbons (Fsp3) is 0.583. The number of aryl methyl sites for hydroxylation is 1. The highest BCUT2D eigenvalue weighted by Crippen LogP contribution is 2.29. The maximum Gasteiger partial charge on any atom is 0.304 e. The molecule has 18 heavy (non-hydrogen) atoms. The monoisotopic (exact) mass is 349 g/mol. The fourth-order valence-electron chi connectivity index (χ4n) is 2.08. The van der Waals surface area contributed by atoms with Gasteiger partial charge in [-0.15, -0.1) is 11.3 Å². The molecule has 1 aliphatic heterocycles. The number of carbonyl (C=O) groups is 1. The van der Waals surface area contributed by atoms with Crippen molar-refractivity contribution < 1.29 is 9.90 Å². The molecule has 0 radical (unpaired) electrons. The Morgan fingerprint density at radius 3 is 3.06 bits per heavy atom. The molecule has 0 aromatic carbocycles. The number of hydrogen-bond donors (Lipinski definition) is 1. The second-order valence-electron chi connectivity index (χ2n) is 4.41. The minimum Gasteiger partial charge on any atom is -0.481 e. The van der Waals surface area contributed by atoms with Crippen LogP contribution in [0.15, 0.2) is 10.5 Å². The maximum absolute atomic E-state index is 10.9. The van der Waals surface area contributed by atoms with Crippen molar-refractivity contribution in [2.45, 2.75) is 25.9 Å². The van der Waals surface area contributed by atoms with Crippen molar-refractivity contribution in [3.63, 3.8) is 0 Å². The highest BCUT2D eigenvalue weighted by molar-refractivity contribution is 9.10. The molecule has 2 rings (SSSR count). The molecule has 1 unspecified atom stereocenters. The van der Waals surface area contributed by atoms with Crippen molar-refractivity contribution in [1.29, 1.82) is 0 Å². The van der Waals surface area contributed by atoms with Gasteiger partial charge in [0.25, 0.3) is 0 Å². The summed E-state index contributed by atoms with van der Waals surface area (Å²) in [6.45, 7) is 3.95. The Hall–Kier alpha value is -0.0400. The Morgan fingerprint density at radius 1 is 1.67 bits per heavy atom. The van der Waals surface area contributed by atoms with Gasteiger partial charge in [0.05, 0.1) is 6.42 Å². The fourth-order valence-corrected chi connectivity index (χ4v) is 4.84. The molecule has 1 atom stereocenters. The van der Waals surface area contributed by atoms with Gasteiger partial charge < -0.3 is 5.11 Å². The minimum atomic E-state index is -0.698. The average Bonchev–Trinajstić information content (AvgIpc) is 2.60. The predicted molar refractivity (Wildman–Crippen MR) is 80.5 cm³/mol. The van der Waals surface area contributed by atoms with Crippen molar-refractivity contribution in [3.8, 4) is 0 Å². The number of halogens is 1.